The van der Waals surface area contributed by atoms with Gasteiger partial charge in [0.15, 0.2) is 0 Å². The molecule has 2 atom stereocenters. The fraction of sp³-hybridized carbons (Fsp3) is 0.300. The van der Waals surface area contributed by atoms with Crippen LogP contribution >= 0.6 is 23.2 Å². The molecule has 34 heavy (non-hydrogen) atoms. The number of nitrogens with zero attached hydrogens (tertiary/aromatic N) is 1. The Bertz CT molecular complexity index is 1170. The van der Waals surface area contributed by atoms with Gasteiger partial charge in [0, 0.05) is 33.8 Å². The van der Waals surface area contributed by atoms with Gasteiger partial charge in [0.25, 0.3) is 11.5 Å². The summed E-state index contributed by atoms with van der Waals surface area (Å²) >= 11 is 11.7. The number of hydrogen-bond acceptors (Lipinski definition) is 4. The number of hydrogen-bond donors (Lipinski definition) is 1. The number of halogens is 8. The van der Waals surface area contributed by atoms with Crippen LogP contribution in [0.2, 0.25) is 10.0 Å². The van der Waals surface area contributed by atoms with Crippen LogP contribution < -0.4 is 5.32 Å². The summed E-state index contributed by atoms with van der Waals surface area (Å²) in [5.41, 5.74) is -3.78. The van der Waals surface area contributed by atoms with E-state index in [1.807, 2.05) is 0 Å². The molecule has 0 aromatic heterocycles. The van der Waals surface area contributed by atoms with Gasteiger partial charge in [-0.3, -0.25) is 9.00 Å². The van der Waals surface area contributed by atoms with Gasteiger partial charge in [-0.2, -0.15) is 26.3 Å². The van der Waals surface area contributed by atoms with Crippen molar-refractivity contribution in [3.05, 3.63) is 63.1 Å². The van der Waals surface area contributed by atoms with Crippen LogP contribution in [0.4, 0.5) is 26.3 Å². The smallest absolute Gasteiger partial charge is 0.374 e. The Kier molecular flexibility index (Phi) is 7.26. The molecule has 2 aromatic rings. The summed E-state index contributed by atoms with van der Waals surface area (Å²) in [4.78, 5) is 16.9. The van der Waals surface area contributed by atoms with Gasteiger partial charge in [0.05, 0.1) is 27.0 Å². The minimum absolute atomic E-state index is 0.0387. The van der Waals surface area contributed by atoms with Gasteiger partial charge < -0.3 is 10.2 Å². The van der Waals surface area contributed by atoms with E-state index in [2.05, 4.69) is 5.16 Å². The molecule has 1 aliphatic rings. The molecular formula is C20H14Cl2F6N2O3S. The highest BCUT2D eigenvalue weighted by molar-refractivity contribution is 7.84. The molecule has 0 saturated heterocycles. The van der Waals surface area contributed by atoms with Crippen LogP contribution in [-0.4, -0.2) is 41.0 Å². The number of nitrogens with one attached hydrogen (secondary N) is 1. The third-order valence-corrected chi connectivity index (χ3v) is 6.23. The third-order valence-electron chi connectivity index (χ3n) is 4.83. The lowest BCUT2D eigenvalue weighted by Crippen LogP contribution is -2.42. The third kappa shape index (κ3) is 5.49. The first kappa shape index (κ1) is 26.3. The second-order valence-corrected chi connectivity index (χ2v) is 9.47. The lowest BCUT2D eigenvalue weighted by Gasteiger charge is -2.29. The van der Waals surface area contributed by atoms with Crippen LogP contribution in [-0.2, 0) is 21.2 Å². The van der Waals surface area contributed by atoms with Crippen LogP contribution in [0.3, 0.4) is 0 Å². The Morgan fingerprint density at radius 2 is 1.74 bits per heavy atom. The highest BCUT2D eigenvalue weighted by atomic mass is 35.5. The standard InChI is InChI=1S/C20H14Cl2F6N2O3S/c1-34(32)16-4-10(2-3-14(16)17(31)29-9-19(23,24)25)15-8-18(33-30-15,20(26,27)28)11-5-12(21)7-13(22)6-11/h2-7H,8-9H2,1H3,(H,29,31). The second-order valence-electron chi connectivity index (χ2n) is 7.25. The van der Waals surface area contributed by atoms with Gasteiger partial charge in [-0.1, -0.05) is 34.4 Å². The van der Waals surface area contributed by atoms with E-state index in [1.165, 1.54) is 18.4 Å². The molecule has 0 bridgehead atoms. The number of rotatable bonds is 5. The Labute approximate surface area is 201 Å². The predicted octanol–water partition coefficient (Wildman–Crippen LogP) is 5.61. The van der Waals surface area contributed by atoms with Gasteiger partial charge >= 0.3 is 12.4 Å². The molecule has 1 N–H and O–H groups in total. The zero-order chi connectivity index (χ0) is 25.5. The van der Waals surface area contributed by atoms with Crippen molar-refractivity contribution in [3.63, 3.8) is 0 Å². The van der Waals surface area contributed by atoms with E-state index in [0.717, 1.165) is 24.3 Å². The summed E-state index contributed by atoms with van der Waals surface area (Å²) < 4.78 is 91.8. The van der Waals surface area contributed by atoms with Crippen molar-refractivity contribution in [2.24, 2.45) is 5.16 Å². The van der Waals surface area contributed by atoms with E-state index in [9.17, 15) is 35.3 Å². The first-order valence-electron chi connectivity index (χ1n) is 9.24. The Hall–Kier alpha value is -2.31. The highest BCUT2D eigenvalue weighted by Gasteiger charge is 2.62. The zero-order valence-electron chi connectivity index (χ0n) is 17.0. The van der Waals surface area contributed by atoms with Gasteiger partial charge in [0.2, 0.25) is 0 Å². The van der Waals surface area contributed by atoms with E-state index in [1.54, 1.807) is 5.32 Å². The maximum absolute atomic E-state index is 14.1. The van der Waals surface area contributed by atoms with Crippen LogP contribution in [0.5, 0.6) is 0 Å². The number of oxime groups is 1. The average Bonchev–Trinajstić information content (AvgIpc) is 3.17. The largest absolute Gasteiger partial charge is 0.435 e. The first-order valence-corrected chi connectivity index (χ1v) is 11.6. The molecule has 3 rings (SSSR count). The first-order chi connectivity index (χ1) is 15.6. The van der Waals surface area contributed by atoms with Crippen molar-refractivity contribution in [1.82, 2.24) is 5.32 Å². The molecule has 184 valence electrons. The lowest BCUT2D eigenvalue weighted by molar-refractivity contribution is -0.275. The molecule has 0 spiro atoms. The quantitative estimate of drug-likeness (QED) is 0.496. The van der Waals surface area contributed by atoms with Crippen LogP contribution in [0.25, 0.3) is 0 Å². The average molecular weight is 547 g/mol. The predicted molar refractivity (Wildman–Crippen MR) is 114 cm³/mol. The number of carbonyl (C=O) groups excluding carboxylic acids is 1. The molecule has 2 unspecified atom stereocenters. The highest BCUT2D eigenvalue weighted by Crippen LogP contribution is 2.49. The SMILES string of the molecule is CS(=O)c1cc(C2=NOC(c3cc(Cl)cc(Cl)c3)(C(F)(F)F)C2)ccc1C(=O)NCC(F)(F)F. The monoisotopic (exact) mass is 546 g/mol. The molecule has 0 fully saturated rings. The molecule has 1 amide bonds. The number of benzene rings is 2. The van der Waals surface area contributed by atoms with Gasteiger partial charge in [-0.15, -0.1) is 0 Å². The minimum atomic E-state index is -4.94. The fourth-order valence-electron chi connectivity index (χ4n) is 3.25. The molecular weight excluding hydrogens is 533 g/mol. The Morgan fingerprint density at radius 3 is 2.26 bits per heavy atom. The Morgan fingerprint density at radius 1 is 1.12 bits per heavy atom. The number of alkyl halides is 6. The Balaban J connectivity index is 1.97. The molecule has 1 aliphatic heterocycles. The molecule has 14 heteroatoms. The van der Waals surface area contributed by atoms with Gasteiger partial charge in [-0.05, 0) is 30.3 Å². The van der Waals surface area contributed by atoms with E-state index < -0.39 is 53.2 Å². The normalized spacial score (nSPS) is 19.4. The second kappa shape index (κ2) is 9.38. The molecule has 0 saturated carbocycles. The summed E-state index contributed by atoms with van der Waals surface area (Å²) in [6.45, 7) is -1.61. The molecule has 5 nitrogen and oxygen atoms in total. The van der Waals surface area contributed by atoms with Crippen molar-refractivity contribution >= 4 is 45.6 Å². The maximum atomic E-state index is 14.1. The molecule has 1 heterocycles. The van der Waals surface area contributed by atoms with Crippen molar-refractivity contribution in [2.45, 2.75) is 29.3 Å². The van der Waals surface area contributed by atoms with E-state index in [0.29, 0.717) is 0 Å². The fourth-order valence-corrected chi connectivity index (χ4v) is 4.54. The molecule has 0 radical (unpaired) electrons. The van der Waals surface area contributed by atoms with Crippen LogP contribution in [0.15, 0.2) is 46.4 Å². The summed E-state index contributed by atoms with van der Waals surface area (Å²) in [5.74, 6) is -1.14. The lowest BCUT2D eigenvalue weighted by atomic mass is 9.86. The summed E-state index contributed by atoms with van der Waals surface area (Å²) in [6.07, 6.45) is -9.25. The van der Waals surface area contributed by atoms with E-state index in [4.69, 9.17) is 28.0 Å². The van der Waals surface area contributed by atoms with Crippen LogP contribution in [0.1, 0.15) is 27.9 Å². The van der Waals surface area contributed by atoms with Crippen molar-refractivity contribution < 1.29 is 40.2 Å². The van der Waals surface area contributed by atoms with Crippen molar-refractivity contribution in [2.75, 3.05) is 12.8 Å². The number of carbonyl (C=O) groups is 1. The van der Waals surface area contributed by atoms with Crippen molar-refractivity contribution in [1.29, 1.82) is 0 Å². The van der Waals surface area contributed by atoms with E-state index in [-0.39, 0.29) is 31.8 Å². The van der Waals surface area contributed by atoms with Crippen molar-refractivity contribution in [3.8, 4) is 0 Å². The number of amides is 1. The van der Waals surface area contributed by atoms with Gasteiger partial charge in [0.1, 0.15) is 6.54 Å². The summed E-state index contributed by atoms with van der Waals surface area (Å²) in [5, 5.41) is 5.12. The summed E-state index contributed by atoms with van der Waals surface area (Å²) in [6, 6.07) is 6.69. The van der Waals surface area contributed by atoms with Gasteiger partial charge in [-0.25, -0.2) is 0 Å². The van der Waals surface area contributed by atoms with E-state index >= 15 is 0 Å². The molecule has 2 aromatic carbocycles. The topological polar surface area (TPSA) is 67.8 Å². The molecule has 0 aliphatic carbocycles. The maximum Gasteiger partial charge on any atom is 0.435 e. The zero-order valence-corrected chi connectivity index (χ0v) is 19.3. The summed E-state index contributed by atoms with van der Waals surface area (Å²) in [7, 11) is -1.87. The minimum Gasteiger partial charge on any atom is -0.374 e. The van der Waals surface area contributed by atoms with Crippen LogP contribution in [0, 0.1) is 0 Å².